The highest BCUT2D eigenvalue weighted by Crippen LogP contribution is 2.37. The number of alkyl halides is 3. The van der Waals surface area contributed by atoms with E-state index in [0.717, 1.165) is 43.8 Å². The van der Waals surface area contributed by atoms with Gasteiger partial charge in [0.2, 0.25) is 0 Å². The van der Waals surface area contributed by atoms with Gasteiger partial charge >= 0.3 is 6.18 Å². The molecule has 0 unspecified atom stereocenters. The normalized spacial score (nSPS) is 15.0. The minimum atomic E-state index is -4.85. The molecule has 4 rings (SSSR count). The van der Waals surface area contributed by atoms with Gasteiger partial charge in [0, 0.05) is 12.8 Å². The van der Waals surface area contributed by atoms with Crippen molar-refractivity contribution in [3.8, 4) is 17.2 Å². The number of piperidine rings is 1. The van der Waals surface area contributed by atoms with Crippen LogP contribution in [-0.4, -0.2) is 59.5 Å². The van der Waals surface area contributed by atoms with Crippen LogP contribution in [0.15, 0.2) is 77.7 Å². The first kappa shape index (κ1) is 30.5. The Morgan fingerprint density at radius 2 is 1.44 bits per heavy atom. The summed E-state index contributed by atoms with van der Waals surface area (Å²) in [7, 11) is -2.58. The van der Waals surface area contributed by atoms with Crippen molar-refractivity contribution in [1.82, 2.24) is 4.90 Å². The number of rotatable bonds is 11. The van der Waals surface area contributed by atoms with Gasteiger partial charge in [0.25, 0.3) is 0 Å². The summed E-state index contributed by atoms with van der Waals surface area (Å²) in [5.74, 6) is 1.89. The number of hydrogen-bond acceptors (Lipinski definition) is 6. The summed E-state index contributed by atoms with van der Waals surface area (Å²) in [5, 5.41) is 0. The molecule has 0 amide bonds. The Balaban J connectivity index is 1.51. The average molecular weight is 590 g/mol. The van der Waals surface area contributed by atoms with Crippen LogP contribution in [0.1, 0.15) is 36.0 Å². The molecule has 0 aliphatic carbocycles. The van der Waals surface area contributed by atoms with E-state index in [4.69, 9.17) is 14.2 Å². The van der Waals surface area contributed by atoms with Crippen LogP contribution in [0.4, 0.5) is 13.2 Å². The predicted molar refractivity (Wildman–Crippen MR) is 152 cm³/mol. The van der Waals surface area contributed by atoms with Crippen LogP contribution in [0.5, 0.6) is 17.2 Å². The molecule has 0 saturated carbocycles. The Kier molecular flexibility index (Phi) is 9.99. The van der Waals surface area contributed by atoms with Crippen LogP contribution >= 0.6 is 0 Å². The minimum absolute atomic E-state index is 0.0612. The van der Waals surface area contributed by atoms with Crippen LogP contribution in [0.25, 0.3) is 5.57 Å². The van der Waals surface area contributed by atoms with E-state index in [1.807, 2.05) is 12.1 Å². The molecule has 0 bridgehead atoms. The van der Waals surface area contributed by atoms with E-state index in [2.05, 4.69) is 4.90 Å². The zero-order valence-corrected chi connectivity index (χ0v) is 23.9. The molecule has 6 nitrogen and oxygen atoms in total. The molecule has 41 heavy (non-hydrogen) atoms. The molecule has 0 atom stereocenters. The third kappa shape index (κ3) is 8.50. The van der Waals surface area contributed by atoms with Gasteiger partial charge in [-0.05, 0) is 97.2 Å². The molecule has 220 valence electrons. The van der Waals surface area contributed by atoms with E-state index in [0.29, 0.717) is 29.2 Å². The Morgan fingerprint density at radius 1 is 0.854 bits per heavy atom. The first-order valence-electron chi connectivity index (χ1n) is 13.4. The van der Waals surface area contributed by atoms with Gasteiger partial charge in [-0.2, -0.15) is 13.2 Å². The van der Waals surface area contributed by atoms with Crippen LogP contribution in [-0.2, 0) is 16.0 Å². The van der Waals surface area contributed by atoms with Crippen LogP contribution in [0.3, 0.4) is 0 Å². The quantitative estimate of drug-likeness (QED) is 0.255. The van der Waals surface area contributed by atoms with E-state index >= 15 is 0 Å². The number of halogens is 3. The molecule has 10 heteroatoms. The predicted octanol–water partition coefficient (Wildman–Crippen LogP) is 6.49. The van der Waals surface area contributed by atoms with E-state index in [-0.39, 0.29) is 12.2 Å². The molecule has 0 radical (unpaired) electrons. The topological polar surface area (TPSA) is 65.1 Å². The lowest BCUT2D eigenvalue weighted by atomic mass is 9.96. The monoisotopic (exact) mass is 589 g/mol. The van der Waals surface area contributed by atoms with Crippen molar-refractivity contribution >= 4 is 15.4 Å². The van der Waals surface area contributed by atoms with Gasteiger partial charge < -0.3 is 14.2 Å². The van der Waals surface area contributed by atoms with E-state index in [1.54, 1.807) is 42.5 Å². The Bertz CT molecular complexity index is 1430. The minimum Gasteiger partial charge on any atom is -0.497 e. The van der Waals surface area contributed by atoms with E-state index < -0.39 is 26.5 Å². The fourth-order valence-electron chi connectivity index (χ4n) is 4.74. The van der Waals surface area contributed by atoms with E-state index in [1.165, 1.54) is 32.4 Å². The fraction of sp³-hybridized carbons (Fsp3) is 0.355. The van der Waals surface area contributed by atoms with Crippen molar-refractivity contribution < 1.29 is 35.8 Å². The summed E-state index contributed by atoms with van der Waals surface area (Å²) in [6.07, 6.45) is 1.33. The number of ether oxygens (including phenoxy) is 3. The van der Waals surface area contributed by atoms with Gasteiger partial charge in [-0.15, -0.1) is 0 Å². The fourth-order valence-corrected chi connectivity index (χ4v) is 5.63. The summed E-state index contributed by atoms with van der Waals surface area (Å²) in [6, 6.07) is 17.3. The molecular formula is C31H34F3NO5S. The summed E-state index contributed by atoms with van der Waals surface area (Å²) in [5.41, 5.74) is 0.0626. The molecule has 1 aliphatic rings. The second-order valence-corrected chi connectivity index (χ2v) is 11.8. The lowest BCUT2D eigenvalue weighted by Gasteiger charge is -2.26. The highest BCUT2D eigenvalue weighted by molar-refractivity contribution is 7.90. The Labute approximate surface area is 239 Å². The van der Waals surface area contributed by atoms with Crippen LogP contribution in [0.2, 0.25) is 0 Å². The average Bonchev–Trinajstić information content (AvgIpc) is 2.95. The number of nitrogens with zero attached hydrogens (tertiary/aromatic N) is 1. The van der Waals surface area contributed by atoms with Gasteiger partial charge in [0.1, 0.15) is 30.5 Å². The van der Waals surface area contributed by atoms with Crippen molar-refractivity contribution in [3.63, 3.8) is 0 Å². The van der Waals surface area contributed by atoms with Gasteiger partial charge in [-0.1, -0.05) is 24.6 Å². The van der Waals surface area contributed by atoms with Crippen molar-refractivity contribution in [2.24, 2.45) is 0 Å². The summed E-state index contributed by atoms with van der Waals surface area (Å²) in [4.78, 5) is 1.64. The Hall–Kier alpha value is -3.50. The molecule has 1 aliphatic heterocycles. The zero-order valence-electron chi connectivity index (χ0n) is 23.1. The van der Waals surface area contributed by atoms with Crippen LogP contribution < -0.4 is 14.2 Å². The first-order valence-corrected chi connectivity index (χ1v) is 15.3. The van der Waals surface area contributed by atoms with Gasteiger partial charge in [-0.25, -0.2) is 8.42 Å². The Morgan fingerprint density at radius 3 is 2.02 bits per heavy atom. The molecule has 3 aromatic rings. The number of sulfone groups is 1. The van der Waals surface area contributed by atoms with Crippen molar-refractivity contribution in [2.75, 3.05) is 46.2 Å². The molecule has 3 aromatic carbocycles. The molecular weight excluding hydrogens is 555 g/mol. The maximum absolute atomic E-state index is 13.9. The highest BCUT2D eigenvalue weighted by atomic mass is 32.2. The smallest absolute Gasteiger partial charge is 0.417 e. The van der Waals surface area contributed by atoms with Gasteiger partial charge in [0.15, 0.2) is 9.84 Å². The summed E-state index contributed by atoms with van der Waals surface area (Å²) >= 11 is 0. The first-order chi connectivity index (χ1) is 19.5. The molecule has 0 aromatic heterocycles. The van der Waals surface area contributed by atoms with Crippen LogP contribution in [0, 0.1) is 0 Å². The number of hydrogen-bond donors (Lipinski definition) is 0. The number of likely N-dealkylation sites (tertiary alicyclic amines) is 1. The molecule has 1 fully saturated rings. The number of benzene rings is 3. The lowest BCUT2D eigenvalue weighted by Crippen LogP contribution is -2.33. The third-order valence-corrected chi connectivity index (χ3v) is 8.04. The van der Waals surface area contributed by atoms with Crippen molar-refractivity contribution in [1.29, 1.82) is 0 Å². The lowest BCUT2D eigenvalue weighted by molar-refractivity contribution is -0.139. The second-order valence-electron chi connectivity index (χ2n) is 9.86. The molecule has 1 saturated heterocycles. The SMILES string of the molecule is COc1ccc(C(=CCOc2ccc(OCCN3CCCCC3)cc2)c2ccc(S(C)(=O)=O)c(C(F)(F)F)c2)cc1. The zero-order chi connectivity index (χ0) is 29.5. The largest absolute Gasteiger partial charge is 0.497 e. The van der Waals surface area contributed by atoms with Gasteiger partial charge in [0.05, 0.1) is 17.6 Å². The van der Waals surface area contributed by atoms with Gasteiger partial charge in [-0.3, -0.25) is 4.90 Å². The maximum Gasteiger partial charge on any atom is 0.417 e. The molecule has 1 heterocycles. The maximum atomic E-state index is 13.9. The highest BCUT2D eigenvalue weighted by Gasteiger charge is 2.36. The standard InChI is InChI=1S/C31H34F3NO5S/c1-38-25-9-6-23(7-10-25)28(24-8-15-30(41(2,36)37)29(22-24)31(32,33)34)16-20-39-26-11-13-27(14-12-26)40-21-19-35-17-4-3-5-18-35/h6-16,22H,3-5,17-21H2,1-2H3. The number of methoxy groups -OCH3 is 1. The van der Waals surface area contributed by atoms with Crippen molar-refractivity contribution in [2.45, 2.75) is 30.3 Å². The summed E-state index contributed by atoms with van der Waals surface area (Å²) in [6.45, 7) is 3.78. The second kappa shape index (κ2) is 13.4. The summed E-state index contributed by atoms with van der Waals surface area (Å²) < 4.78 is 82.6. The van der Waals surface area contributed by atoms with E-state index in [9.17, 15) is 21.6 Å². The molecule has 0 N–H and O–H groups in total. The molecule has 0 spiro atoms. The van der Waals surface area contributed by atoms with Crippen molar-refractivity contribution in [3.05, 3.63) is 89.5 Å². The third-order valence-electron chi connectivity index (χ3n) is 6.88.